The van der Waals surface area contributed by atoms with E-state index in [1.807, 2.05) is 13.0 Å². The third-order valence-electron chi connectivity index (χ3n) is 5.67. The zero-order chi connectivity index (χ0) is 21.6. The second-order valence-corrected chi connectivity index (χ2v) is 10.1. The van der Waals surface area contributed by atoms with Crippen molar-refractivity contribution in [3.8, 4) is 0 Å². The van der Waals surface area contributed by atoms with Gasteiger partial charge in [0.05, 0.1) is 4.90 Å². The third-order valence-corrected chi connectivity index (χ3v) is 7.56. The Kier molecular flexibility index (Phi) is 7.67. The lowest BCUT2D eigenvalue weighted by atomic mass is 10.1. The SMILES string of the molecule is Cc1cccc(CCCNC(=O)c2cc(S(=O)(=O)N3CCCCCC3)ccc2C)c1. The third kappa shape index (κ3) is 5.70. The molecule has 1 N–H and O–H groups in total. The van der Waals surface area contributed by atoms with Gasteiger partial charge in [-0.2, -0.15) is 4.31 Å². The van der Waals surface area contributed by atoms with Gasteiger partial charge in [0, 0.05) is 25.2 Å². The number of hydrogen-bond acceptors (Lipinski definition) is 3. The monoisotopic (exact) mass is 428 g/mol. The number of nitrogens with zero attached hydrogens (tertiary/aromatic N) is 1. The summed E-state index contributed by atoms with van der Waals surface area (Å²) in [4.78, 5) is 12.9. The number of nitrogens with one attached hydrogen (secondary N) is 1. The van der Waals surface area contributed by atoms with Gasteiger partial charge in [-0.05, 0) is 62.8 Å². The Labute approximate surface area is 180 Å². The van der Waals surface area contributed by atoms with Crippen LogP contribution in [0, 0.1) is 13.8 Å². The van der Waals surface area contributed by atoms with E-state index in [1.54, 1.807) is 16.4 Å². The summed E-state index contributed by atoms with van der Waals surface area (Å²) in [5, 5.41) is 2.95. The van der Waals surface area contributed by atoms with Gasteiger partial charge in [0.1, 0.15) is 0 Å². The maximum Gasteiger partial charge on any atom is 0.251 e. The van der Waals surface area contributed by atoms with Crippen LogP contribution < -0.4 is 5.32 Å². The highest BCUT2D eigenvalue weighted by molar-refractivity contribution is 7.89. The van der Waals surface area contributed by atoms with Gasteiger partial charge in [-0.25, -0.2) is 8.42 Å². The lowest BCUT2D eigenvalue weighted by Gasteiger charge is -2.20. The number of aryl methyl sites for hydroxylation is 3. The van der Waals surface area contributed by atoms with Crippen LogP contribution in [0.3, 0.4) is 0 Å². The molecule has 1 fully saturated rings. The summed E-state index contributed by atoms with van der Waals surface area (Å²) in [5.41, 5.74) is 3.70. The van der Waals surface area contributed by atoms with E-state index in [4.69, 9.17) is 0 Å². The van der Waals surface area contributed by atoms with Crippen LogP contribution in [-0.2, 0) is 16.4 Å². The lowest BCUT2D eigenvalue weighted by Crippen LogP contribution is -2.32. The molecule has 1 aliphatic rings. The summed E-state index contributed by atoms with van der Waals surface area (Å²) >= 11 is 0. The number of hydrogen-bond donors (Lipinski definition) is 1. The van der Waals surface area contributed by atoms with Crippen molar-refractivity contribution in [2.75, 3.05) is 19.6 Å². The van der Waals surface area contributed by atoms with E-state index in [0.29, 0.717) is 25.2 Å². The molecular formula is C24H32N2O3S. The number of amides is 1. The van der Waals surface area contributed by atoms with Gasteiger partial charge in [-0.1, -0.05) is 48.7 Å². The van der Waals surface area contributed by atoms with Crippen LogP contribution in [-0.4, -0.2) is 38.3 Å². The van der Waals surface area contributed by atoms with Gasteiger partial charge in [-0.3, -0.25) is 4.79 Å². The molecule has 0 saturated carbocycles. The average molecular weight is 429 g/mol. The van der Waals surface area contributed by atoms with E-state index in [0.717, 1.165) is 44.1 Å². The second kappa shape index (κ2) is 10.2. The van der Waals surface area contributed by atoms with E-state index in [-0.39, 0.29) is 10.8 Å². The van der Waals surface area contributed by atoms with Gasteiger partial charge in [-0.15, -0.1) is 0 Å². The molecule has 6 heteroatoms. The molecule has 2 aromatic carbocycles. The van der Waals surface area contributed by atoms with E-state index in [2.05, 4.69) is 30.4 Å². The van der Waals surface area contributed by atoms with Crippen molar-refractivity contribution in [3.05, 3.63) is 64.7 Å². The van der Waals surface area contributed by atoms with Crippen molar-refractivity contribution in [3.63, 3.8) is 0 Å². The van der Waals surface area contributed by atoms with Crippen LogP contribution in [0.2, 0.25) is 0 Å². The quantitative estimate of drug-likeness (QED) is 0.671. The summed E-state index contributed by atoms with van der Waals surface area (Å²) in [5.74, 6) is -0.218. The van der Waals surface area contributed by atoms with Gasteiger partial charge in [0.25, 0.3) is 5.91 Å². The van der Waals surface area contributed by atoms with Crippen molar-refractivity contribution in [1.82, 2.24) is 9.62 Å². The van der Waals surface area contributed by atoms with Crippen LogP contribution >= 0.6 is 0 Å². The van der Waals surface area contributed by atoms with Gasteiger partial charge < -0.3 is 5.32 Å². The van der Waals surface area contributed by atoms with Crippen LogP contribution in [0.15, 0.2) is 47.4 Å². The van der Waals surface area contributed by atoms with Gasteiger partial charge in [0.15, 0.2) is 0 Å². The Morgan fingerprint density at radius 2 is 1.73 bits per heavy atom. The predicted molar refractivity (Wildman–Crippen MR) is 120 cm³/mol. The Balaban J connectivity index is 1.64. The summed E-state index contributed by atoms with van der Waals surface area (Å²) < 4.78 is 27.7. The van der Waals surface area contributed by atoms with Gasteiger partial charge >= 0.3 is 0 Å². The molecule has 30 heavy (non-hydrogen) atoms. The summed E-state index contributed by atoms with van der Waals surface area (Å²) in [6, 6.07) is 13.2. The first kappa shape index (κ1) is 22.5. The maximum atomic E-state index is 13.1. The fourth-order valence-electron chi connectivity index (χ4n) is 3.89. The summed E-state index contributed by atoms with van der Waals surface area (Å²) in [6.45, 7) is 5.56. The maximum absolute atomic E-state index is 13.1. The second-order valence-electron chi connectivity index (χ2n) is 8.14. The molecule has 1 heterocycles. The van der Waals surface area contributed by atoms with Crippen LogP contribution in [0.25, 0.3) is 0 Å². The van der Waals surface area contributed by atoms with Crippen LogP contribution in [0.1, 0.15) is 59.2 Å². The predicted octanol–water partition coefficient (Wildman–Crippen LogP) is 4.23. The molecule has 0 atom stereocenters. The minimum atomic E-state index is -3.57. The zero-order valence-corrected chi connectivity index (χ0v) is 18.8. The van der Waals surface area contributed by atoms with E-state index < -0.39 is 10.0 Å². The normalized spacial score (nSPS) is 15.5. The Hall–Kier alpha value is -2.18. The van der Waals surface area contributed by atoms with Crippen molar-refractivity contribution in [2.45, 2.75) is 57.3 Å². The first-order chi connectivity index (χ1) is 14.4. The van der Waals surface area contributed by atoms with Crippen molar-refractivity contribution >= 4 is 15.9 Å². The molecule has 1 aliphatic heterocycles. The molecule has 162 valence electrons. The molecule has 0 spiro atoms. The fraction of sp³-hybridized carbons (Fsp3) is 0.458. The molecule has 2 aromatic rings. The molecule has 0 aliphatic carbocycles. The molecule has 5 nitrogen and oxygen atoms in total. The molecule has 1 saturated heterocycles. The van der Waals surface area contributed by atoms with Crippen LogP contribution in [0.5, 0.6) is 0 Å². The molecular weight excluding hydrogens is 396 g/mol. The highest BCUT2D eigenvalue weighted by atomic mass is 32.2. The van der Waals surface area contributed by atoms with Crippen molar-refractivity contribution in [1.29, 1.82) is 0 Å². The summed E-state index contributed by atoms with van der Waals surface area (Å²) in [7, 11) is -3.57. The number of benzene rings is 2. The largest absolute Gasteiger partial charge is 0.352 e. The molecule has 0 unspecified atom stereocenters. The standard InChI is InChI=1S/C24H32N2O3S/c1-19-9-7-10-21(17-19)11-8-14-25-24(27)23-18-22(13-12-20(23)2)30(28,29)26-15-5-3-4-6-16-26/h7,9-10,12-13,17-18H,3-6,8,11,14-16H2,1-2H3,(H,25,27). The van der Waals surface area contributed by atoms with E-state index in [1.165, 1.54) is 17.2 Å². The number of rotatable bonds is 7. The number of carbonyl (C=O) groups is 1. The Bertz CT molecular complexity index is 978. The minimum Gasteiger partial charge on any atom is -0.352 e. The minimum absolute atomic E-state index is 0.208. The lowest BCUT2D eigenvalue weighted by molar-refractivity contribution is 0.0952. The average Bonchev–Trinajstić information content (AvgIpc) is 3.01. The Morgan fingerprint density at radius 3 is 2.43 bits per heavy atom. The smallest absolute Gasteiger partial charge is 0.251 e. The van der Waals surface area contributed by atoms with Crippen molar-refractivity contribution in [2.24, 2.45) is 0 Å². The molecule has 1 amide bonds. The topological polar surface area (TPSA) is 66.5 Å². The van der Waals surface area contributed by atoms with Gasteiger partial charge in [0.2, 0.25) is 10.0 Å². The highest BCUT2D eigenvalue weighted by Crippen LogP contribution is 2.22. The highest BCUT2D eigenvalue weighted by Gasteiger charge is 2.26. The molecule has 0 bridgehead atoms. The zero-order valence-electron chi connectivity index (χ0n) is 18.0. The van der Waals surface area contributed by atoms with Crippen molar-refractivity contribution < 1.29 is 13.2 Å². The first-order valence-electron chi connectivity index (χ1n) is 10.8. The first-order valence-corrected chi connectivity index (χ1v) is 12.3. The number of carbonyl (C=O) groups excluding carboxylic acids is 1. The van der Waals surface area contributed by atoms with E-state index in [9.17, 15) is 13.2 Å². The Morgan fingerprint density at radius 1 is 1.00 bits per heavy atom. The molecule has 3 rings (SSSR count). The van der Waals surface area contributed by atoms with Crippen LogP contribution in [0.4, 0.5) is 0 Å². The number of sulfonamides is 1. The van der Waals surface area contributed by atoms with E-state index >= 15 is 0 Å². The fourth-order valence-corrected chi connectivity index (χ4v) is 5.44. The molecule has 0 aromatic heterocycles. The summed E-state index contributed by atoms with van der Waals surface area (Å²) in [6.07, 6.45) is 5.63. The molecule has 0 radical (unpaired) electrons.